The van der Waals surface area contributed by atoms with Crippen LogP contribution in [0.4, 0.5) is 0 Å². The Hall–Kier alpha value is -1.14. The Morgan fingerprint density at radius 2 is 1.90 bits per heavy atom. The largest absolute Gasteiger partial charge is 0.268 e. The van der Waals surface area contributed by atoms with Gasteiger partial charge in [0, 0.05) is 26.1 Å². The van der Waals surface area contributed by atoms with Gasteiger partial charge < -0.3 is 0 Å². The van der Waals surface area contributed by atoms with Crippen molar-refractivity contribution in [3.8, 4) is 0 Å². The monoisotopic (exact) mass is 392 g/mol. The molecule has 2 nitrogen and oxygen atoms in total. The molecular formula is C16H13IN2S. The standard InChI is InChI=1S/C16H13IN2S/c1-9(2)16-18-12-8-15-11(7-13(12)19(16)17)10-5-3-4-6-14(10)20-15/h3-9H,1-2H3. The molecule has 0 radical (unpaired) electrons. The van der Waals surface area contributed by atoms with E-state index in [1.165, 1.54) is 25.7 Å². The number of benzene rings is 2. The topological polar surface area (TPSA) is 17.8 Å². The van der Waals surface area contributed by atoms with Crippen LogP contribution in [0, 0.1) is 0 Å². The molecule has 0 saturated heterocycles. The second-order valence-corrected chi connectivity index (χ2v) is 7.39. The molecule has 0 aliphatic rings. The first-order chi connectivity index (χ1) is 9.65. The Morgan fingerprint density at radius 1 is 1.10 bits per heavy atom. The molecule has 0 unspecified atom stereocenters. The zero-order valence-corrected chi connectivity index (χ0v) is 14.2. The quantitative estimate of drug-likeness (QED) is 0.379. The van der Waals surface area contributed by atoms with E-state index in [1.807, 2.05) is 11.3 Å². The molecule has 0 amide bonds. The zero-order chi connectivity index (χ0) is 13.9. The van der Waals surface area contributed by atoms with Crippen molar-refractivity contribution in [2.45, 2.75) is 19.8 Å². The smallest absolute Gasteiger partial charge is 0.121 e. The van der Waals surface area contributed by atoms with Crippen LogP contribution in [0.3, 0.4) is 0 Å². The lowest BCUT2D eigenvalue weighted by Gasteiger charge is -2.02. The Balaban J connectivity index is 2.15. The number of thiophene rings is 1. The fraction of sp³-hybridized carbons (Fsp3) is 0.188. The van der Waals surface area contributed by atoms with Crippen LogP contribution in [0.5, 0.6) is 0 Å². The molecule has 2 aromatic carbocycles. The SMILES string of the molecule is CC(C)c1nc2cc3sc4ccccc4c3cc2n1I. The van der Waals surface area contributed by atoms with E-state index in [9.17, 15) is 0 Å². The normalized spacial score (nSPS) is 12.2. The molecule has 4 heteroatoms. The number of imidazole rings is 1. The highest BCUT2D eigenvalue weighted by atomic mass is 127. The predicted octanol–water partition coefficient (Wildman–Crippen LogP) is 5.73. The number of fused-ring (bicyclic) bond motifs is 4. The van der Waals surface area contributed by atoms with Gasteiger partial charge in [-0.15, -0.1) is 11.3 Å². The maximum Gasteiger partial charge on any atom is 0.121 e. The van der Waals surface area contributed by atoms with Gasteiger partial charge in [-0.05, 0) is 18.2 Å². The maximum absolute atomic E-state index is 4.79. The number of nitrogens with zero attached hydrogens (tertiary/aromatic N) is 2. The van der Waals surface area contributed by atoms with Gasteiger partial charge >= 0.3 is 0 Å². The molecule has 2 aromatic heterocycles. The lowest BCUT2D eigenvalue weighted by atomic mass is 10.1. The fourth-order valence-electron chi connectivity index (χ4n) is 2.64. The summed E-state index contributed by atoms with van der Waals surface area (Å²) >= 11 is 4.21. The van der Waals surface area contributed by atoms with Gasteiger partial charge in [0.05, 0.1) is 33.9 Å². The summed E-state index contributed by atoms with van der Waals surface area (Å²) in [6, 6.07) is 13.1. The summed E-state index contributed by atoms with van der Waals surface area (Å²) in [5, 5.41) is 2.68. The number of hydrogen-bond donors (Lipinski definition) is 0. The second-order valence-electron chi connectivity index (χ2n) is 5.34. The average molecular weight is 392 g/mol. The van der Waals surface area contributed by atoms with Crippen molar-refractivity contribution < 1.29 is 0 Å². The summed E-state index contributed by atoms with van der Waals surface area (Å²) < 4.78 is 4.87. The molecule has 4 rings (SSSR count). The van der Waals surface area contributed by atoms with Crippen LogP contribution in [0.25, 0.3) is 31.2 Å². The molecule has 2 heterocycles. The molecule has 0 spiro atoms. The minimum atomic E-state index is 0.439. The number of aromatic nitrogens is 2. The summed E-state index contributed by atoms with van der Waals surface area (Å²) in [5.41, 5.74) is 2.31. The van der Waals surface area contributed by atoms with Gasteiger partial charge in [-0.3, -0.25) is 2.78 Å². The van der Waals surface area contributed by atoms with Crippen LogP contribution in [0.2, 0.25) is 0 Å². The van der Waals surface area contributed by atoms with Gasteiger partial charge in [0.2, 0.25) is 0 Å². The molecule has 0 aliphatic carbocycles. The van der Waals surface area contributed by atoms with Crippen molar-refractivity contribution in [3.05, 3.63) is 42.2 Å². The van der Waals surface area contributed by atoms with E-state index in [-0.39, 0.29) is 0 Å². The Kier molecular flexibility index (Phi) is 2.79. The highest BCUT2D eigenvalue weighted by Gasteiger charge is 2.14. The fourth-order valence-corrected chi connectivity index (χ4v) is 4.81. The van der Waals surface area contributed by atoms with E-state index in [4.69, 9.17) is 4.98 Å². The maximum atomic E-state index is 4.79. The predicted molar refractivity (Wildman–Crippen MR) is 96.1 cm³/mol. The van der Waals surface area contributed by atoms with Gasteiger partial charge in [-0.25, -0.2) is 4.98 Å². The molecular weight excluding hydrogens is 379 g/mol. The van der Waals surface area contributed by atoms with Crippen LogP contribution in [-0.2, 0) is 0 Å². The molecule has 0 N–H and O–H groups in total. The summed E-state index contributed by atoms with van der Waals surface area (Å²) in [4.78, 5) is 4.79. The minimum absolute atomic E-state index is 0.439. The molecule has 0 saturated carbocycles. The summed E-state index contributed by atoms with van der Waals surface area (Å²) in [5.74, 6) is 1.58. The Morgan fingerprint density at radius 3 is 2.70 bits per heavy atom. The van der Waals surface area contributed by atoms with Crippen molar-refractivity contribution in [1.82, 2.24) is 7.76 Å². The van der Waals surface area contributed by atoms with Gasteiger partial charge in [-0.2, -0.15) is 0 Å². The van der Waals surface area contributed by atoms with E-state index in [0.717, 1.165) is 11.3 Å². The first-order valence-electron chi connectivity index (χ1n) is 6.65. The second kappa shape index (κ2) is 4.43. The lowest BCUT2D eigenvalue weighted by Crippen LogP contribution is -1.94. The summed E-state index contributed by atoms with van der Waals surface area (Å²) in [6.07, 6.45) is 0. The molecule has 0 bridgehead atoms. The summed E-state index contributed by atoms with van der Waals surface area (Å²) in [7, 11) is 0. The van der Waals surface area contributed by atoms with E-state index in [1.54, 1.807) is 0 Å². The van der Waals surface area contributed by atoms with Gasteiger partial charge in [0.1, 0.15) is 5.82 Å². The van der Waals surface area contributed by atoms with Crippen molar-refractivity contribution >= 4 is 65.4 Å². The van der Waals surface area contributed by atoms with E-state index < -0.39 is 0 Å². The number of hydrogen-bond acceptors (Lipinski definition) is 2. The molecule has 4 aromatic rings. The first kappa shape index (κ1) is 12.6. The van der Waals surface area contributed by atoms with Gasteiger partial charge in [0.25, 0.3) is 0 Å². The van der Waals surface area contributed by atoms with Crippen molar-refractivity contribution in [1.29, 1.82) is 0 Å². The zero-order valence-electron chi connectivity index (χ0n) is 11.2. The molecule has 20 heavy (non-hydrogen) atoms. The Bertz CT molecular complexity index is 949. The van der Waals surface area contributed by atoms with Crippen LogP contribution >= 0.6 is 34.2 Å². The third-order valence-electron chi connectivity index (χ3n) is 3.64. The van der Waals surface area contributed by atoms with Crippen LogP contribution < -0.4 is 0 Å². The van der Waals surface area contributed by atoms with Crippen molar-refractivity contribution in [3.63, 3.8) is 0 Å². The molecule has 0 aliphatic heterocycles. The average Bonchev–Trinajstić information content (AvgIpc) is 2.95. The third kappa shape index (κ3) is 1.71. The van der Waals surface area contributed by atoms with Crippen LogP contribution in [0.15, 0.2) is 36.4 Å². The van der Waals surface area contributed by atoms with Gasteiger partial charge in [-0.1, -0.05) is 32.0 Å². The van der Waals surface area contributed by atoms with Crippen molar-refractivity contribution in [2.75, 3.05) is 0 Å². The number of halogens is 1. The highest BCUT2D eigenvalue weighted by Crippen LogP contribution is 2.37. The van der Waals surface area contributed by atoms with E-state index >= 15 is 0 Å². The van der Waals surface area contributed by atoms with Crippen LogP contribution in [0.1, 0.15) is 25.6 Å². The lowest BCUT2D eigenvalue weighted by molar-refractivity contribution is 0.793. The van der Waals surface area contributed by atoms with E-state index in [0.29, 0.717) is 5.92 Å². The molecule has 0 fully saturated rings. The van der Waals surface area contributed by atoms with Crippen LogP contribution in [-0.4, -0.2) is 7.76 Å². The van der Waals surface area contributed by atoms with Crippen molar-refractivity contribution in [2.24, 2.45) is 0 Å². The Labute approximate surface area is 134 Å². The minimum Gasteiger partial charge on any atom is -0.268 e. The molecule has 0 atom stereocenters. The first-order valence-corrected chi connectivity index (χ1v) is 8.43. The molecule has 100 valence electrons. The third-order valence-corrected chi connectivity index (χ3v) is 5.79. The summed E-state index contributed by atoms with van der Waals surface area (Å²) in [6.45, 7) is 4.38. The van der Waals surface area contributed by atoms with E-state index in [2.05, 4.69) is 75.9 Å². The van der Waals surface area contributed by atoms with Gasteiger partial charge in [0.15, 0.2) is 0 Å². The number of rotatable bonds is 1. The highest BCUT2D eigenvalue weighted by molar-refractivity contribution is 14.1.